The molecule has 5 heteroatoms. The van der Waals surface area contributed by atoms with Gasteiger partial charge in [-0.25, -0.2) is 0 Å². The van der Waals surface area contributed by atoms with Gasteiger partial charge < -0.3 is 4.74 Å². The number of ether oxygens (including phenoxy) is 1. The van der Waals surface area contributed by atoms with E-state index in [2.05, 4.69) is 0 Å². The van der Waals surface area contributed by atoms with E-state index < -0.39 is 11.7 Å². The molecule has 0 aliphatic carbocycles. The first-order valence-electron chi connectivity index (χ1n) is 4.08. The van der Waals surface area contributed by atoms with Gasteiger partial charge in [0, 0.05) is 15.6 Å². The van der Waals surface area contributed by atoms with Gasteiger partial charge in [-0.1, -0.05) is 23.2 Å². The summed E-state index contributed by atoms with van der Waals surface area (Å²) in [7, 11) is 0. The first-order valence-corrected chi connectivity index (χ1v) is 4.84. The van der Waals surface area contributed by atoms with Crippen molar-refractivity contribution in [3.8, 4) is 12.1 Å². The summed E-state index contributed by atoms with van der Waals surface area (Å²) in [6, 6.07) is 8.47. The van der Waals surface area contributed by atoms with E-state index in [1.807, 2.05) is 12.1 Å². The maximum atomic E-state index is 8.77. The van der Waals surface area contributed by atoms with Gasteiger partial charge >= 0.3 is 0 Å². The van der Waals surface area contributed by atoms with E-state index in [-0.39, 0.29) is 0 Å². The molecular formula is C10H4Cl2N2O. The summed E-state index contributed by atoms with van der Waals surface area (Å²) in [4.78, 5) is 0. The van der Waals surface area contributed by atoms with Crippen molar-refractivity contribution in [1.29, 1.82) is 10.5 Å². The van der Waals surface area contributed by atoms with Gasteiger partial charge in [-0.05, 0) is 18.2 Å². The average molecular weight is 239 g/mol. The van der Waals surface area contributed by atoms with Gasteiger partial charge in [0.05, 0.1) is 0 Å². The van der Waals surface area contributed by atoms with E-state index in [9.17, 15) is 0 Å². The van der Waals surface area contributed by atoms with E-state index >= 15 is 0 Å². The molecule has 74 valence electrons. The maximum Gasteiger partial charge on any atom is 0.272 e. The zero-order valence-corrected chi connectivity index (χ0v) is 8.88. The van der Waals surface area contributed by atoms with E-state index in [4.69, 9.17) is 38.5 Å². The summed E-state index contributed by atoms with van der Waals surface area (Å²) >= 11 is 11.7. The molecule has 1 saturated heterocycles. The predicted molar refractivity (Wildman–Crippen MR) is 54.2 cm³/mol. The fourth-order valence-electron chi connectivity index (χ4n) is 1.34. The fourth-order valence-corrected chi connectivity index (χ4v) is 1.74. The molecule has 2 rings (SSSR count). The van der Waals surface area contributed by atoms with Crippen LogP contribution in [0.5, 0.6) is 0 Å². The SMILES string of the molecule is N#CC1(C#N)OC1c1cc(Cl)ccc1Cl. The Morgan fingerprint density at radius 1 is 1.27 bits per heavy atom. The van der Waals surface area contributed by atoms with Gasteiger partial charge in [0.1, 0.15) is 18.2 Å². The van der Waals surface area contributed by atoms with Crippen molar-refractivity contribution in [3.05, 3.63) is 33.8 Å². The number of rotatable bonds is 1. The molecule has 3 nitrogen and oxygen atoms in total. The molecule has 1 fully saturated rings. The Bertz CT molecular complexity index is 487. The number of benzene rings is 1. The second-order valence-electron chi connectivity index (χ2n) is 3.12. The van der Waals surface area contributed by atoms with Gasteiger partial charge in [0.15, 0.2) is 0 Å². The molecule has 1 aliphatic rings. The summed E-state index contributed by atoms with van der Waals surface area (Å²) in [6.45, 7) is 0. The second-order valence-corrected chi connectivity index (χ2v) is 3.97. The highest BCUT2D eigenvalue weighted by atomic mass is 35.5. The number of halogens is 2. The van der Waals surface area contributed by atoms with Crippen LogP contribution in [0.3, 0.4) is 0 Å². The quantitative estimate of drug-likeness (QED) is 0.708. The second kappa shape index (κ2) is 3.40. The zero-order valence-electron chi connectivity index (χ0n) is 7.37. The molecule has 0 amide bonds. The van der Waals surface area contributed by atoms with Crippen LogP contribution in [0.25, 0.3) is 0 Å². The number of nitriles is 2. The van der Waals surface area contributed by atoms with Gasteiger partial charge in [-0.15, -0.1) is 0 Å². The Hall–Kier alpha value is -1.26. The van der Waals surface area contributed by atoms with Gasteiger partial charge in [0.25, 0.3) is 5.60 Å². The molecule has 0 N–H and O–H groups in total. The minimum atomic E-state index is -1.39. The third kappa shape index (κ3) is 1.56. The van der Waals surface area contributed by atoms with Crippen LogP contribution >= 0.6 is 23.2 Å². The van der Waals surface area contributed by atoms with Gasteiger partial charge in [-0.3, -0.25) is 0 Å². The lowest BCUT2D eigenvalue weighted by molar-refractivity contribution is 0.369. The highest BCUT2D eigenvalue weighted by Crippen LogP contribution is 2.51. The Morgan fingerprint density at radius 2 is 1.93 bits per heavy atom. The molecule has 1 unspecified atom stereocenters. The predicted octanol–water partition coefficient (Wildman–Crippen LogP) is 2.85. The van der Waals surface area contributed by atoms with E-state index in [1.165, 1.54) is 0 Å². The summed E-state index contributed by atoms with van der Waals surface area (Å²) in [5.41, 5.74) is -0.818. The third-order valence-corrected chi connectivity index (χ3v) is 2.77. The van der Waals surface area contributed by atoms with Gasteiger partial charge in [-0.2, -0.15) is 10.5 Å². The Kier molecular flexibility index (Phi) is 2.32. The van der Waals surface area contributed by atoms with Crippen molar-refractivity contribution in [2.75, 3.05) is 0 Å². The molecule has 15 heavy (non-hydrogen) atoms. The summed E-state index contributed by atoms with van der Waals surface area (Å²) in [5, 5.41) is 18.5. The summed E-state index contributed by atoms with van der Waals surface area (Å²) in [6.07, 6.45) is -0.598. The van der Waals surface area contributed by atoms with E-state index in [1.54, 1.807) is 18.2 Å². The van der Waals surface area contributed by atoms with Crippen molar-refractivity contribution in [3.63, 3.8) is 0 Å². The summed E-state index contributed by atoms with van der Waals surface area (Å²) < 4.78 is 5.06. The van der Waals surface area contributed by atoms with Crippen molar-refractivity contribution in [2.45, 2.75) is 11.7 Å². The highest BCUT2D eigenvalue weighted by Gasteiger charge is 2.60. The lowest BCUT2D eigenvalue weighted by atomic mass is 10.0. The standard InChI is InChI=1S/C10H4Cl2N2O/c11-6-1-2-8(12)7(3-6)9-10(4-13,5-14)15-9/h1-3,9H. The third-order valence-electron chi connectivity index (χ3n) is 2.19. The minimum absolute atomic E-state index is 0.441. The maximum absolute atomic E-state index is 8.77. The van der Waals surface area contributed by atoms with Crippen molar-refractivity contribution in [2.24, 2.45) is 0 Å². The number of nitrogens with zero attached hydrogens (tertiary/aromatic N) is 2. The molecular weight excluding hydrogens is 235 g/mol. The van der Waals surface area contributed by atoms with Crippen LogP contribution in [0, 0.1) is 22.7 Å². The van der Waals surface area contributed by atoms with Crippen molar-refractivity contribution in [1.82, 2.24) is 0 Å². The smallest absolute Gasteiger partial charge is 0.272 e. The van der Waals surface area contributed by atoms with Crippen LogP contribution in [-0.4, -0.2) is 5.60 Å². The molecule has 0 radical (unpaired) electrons. The van der Waals surface area contributed by atoms with Crippen LogP contribution in [0.1, 0.15) is 11.7 Å². The number of epoxide rings is 1. The molecule has 0 saturated carbocycles. The first-order chi connectivity index (χ1) is 7.13. The number of hydrogen-bond acceptors (Lipinski definition) is 3. The largest absolute Gasteiger partial charge is 0.332 e. The Labute approximate surface area is 96.4 Å². The fraction of sp³-hybridized carbons (Fsp3) is 0.200. The first kappa shape index (κ1) is 10.3. The van der Waals surface area contributed by atoms with Crippen LogP contribution in [0.15, 0.2) is 18.2 Å². The average Bonchev–Trinajstić information content (AvgIpc) is 2.97. The number of hydrogen-bond donors (Lipinski definition) is 0. The normalized spacial score (nSPS) is 21.5. The topological polar surface area (TPSA) is 60.1 Å². The molecule has 1 heterocycles. The molecule has 1 aromatic carbocycles. The lowest BCUT2D eigenvalue weighted by Crippen LogP contribution is -2.04. The van der Waals surface area contributed by atoms with Crippen LogP contribution < -0.4 is 0 Å². The van der Waals surface area contributed by atoms with Gasteiger partial charge in [0.2, 0.25) is 0 Å². The molecule has 0 spiro atoms. The zero-order chi connectivity index (χ0) is 11.1. The van der Waals surface area contributed by atoms with Crippen molar-refractivity contribution < 1.29 is 4.74 Å². The highest BCUT2D eigenvalue weighted by molar-refractivity contribution is 6.33. The van der Waals surface area contributed by atoms with Crippen LogP contribution in [-0.2, 0) is 4.74 Å². The Balaban J connectivity index is 2.40. The minimum Gasteiger partial charge on any atom is -0.332 e. The lowest BCUT2D eigenvalue weighted by Gasteiger charge is -2.00. The molecule has 1 aromatic rings. The molecule has 0 aromatic heterocycles. The monoisotopic (exact) mass is 238 g/mol. The van der Waals surface area contributed by atoms with E-state index in [0.29, 0.717) is 15.6 Å². The summed E-state index contributed by atoms with van der Waals surface area (Å²) in [5.74, 6) is 0. The van der Waals surface area contributed by atoms with E-state index in [0.717, 1.165) is 0 Å². The Morgan fingerprint density at radius 3 is 2.47 bits per heavy atom. The van der Waals surface area contributed by atoms with Crippen LogP contribution in [0.4, 0.5) is 0 Å². The molecule has 0 bridgehead atoms. The van der Waals surface area contributed by atoms with Crippen LogP contribution in [0.2, 0.25) is 10.0 Å². The molecule has 1 aliphatic heterocycles. The van der Waals surface area contributed by atoms with Crippen molar-refractivity contribution >= 4 is 23.2 Å². The molecule has 1 atom stereocenters.